The predicted octanol–water partition coefficient (Wildman–Crippen LogP) is 10.6. The van der Waals surface area contributed by atoms with E-state index in [0.29, 0.717) is 11.8 Å². The summed E-state index contributed by atoms with van der Waals surface area (Å²) >= 11 is 0. The van der Waals surface area contributed by atoms with Crippen LogP contribution in [-0.2, 0) is 6.42 Å². The molecule has 1 aliphatic rings. The summed E-state index contributed by atoms with van der Waals surface area (Å²) in [6, 6.07) is 11.0. The molecule has 0 aliphatic carbocycles. The molecule has 2 nitrogen and oxygen atoms in total. The number of hydrogen-bond acceptors (Lipinski definition) is 2. The Labute approximate surface area is 218 Å². The van der Waals surface area contributed by atoms with Gasteiger partial charge in [0.25, 0.3) is 0 Å². The van der Waals surface area contributed by atoms with Crippen molar-refractivity contribution in [2.24, 2.45) is 21.8 Å². The fourth-order valence-electron chi connectivity index (χ4n) is 5.65. The van der Waals surface area contributed by atoms with Gasteiger partial charge in [-0.1, -0.05) is 163 Å². The van der Waals surface area contributed by atoms with Gasteiger partial charge in [0.2, 0.25) is 6.17 Å². The van der Waals surface area contributed by atoms with E-state index in [9.17, 15) is 0 Å². The standard InChI is InChI=1S/C33H55N2/c1-3-5-6-7-8-9-10-11-12-13-14-15-16-17-18-22-26-31(29-30-24-20-19-21-25-30)32(23-4-2)33-34-27-28-35-33/h19-21,24-25,27-28,31-32H,3-18,22-23,26,29H2,1-2H3/q+1. The zero-order valence-electron chi connectivity index (χ0n) is 23.2. The van der Waals surface area contributed by atoms with Crippen LogP contribution in [0.4, 0.5) is 0 Å². The van der Waals surface area contributed by atoms with Crippen LogP contribution >= 0.6 is 0 Å². The van der Waals surface area contributed by atoms with E-state index >= 15 is 0 Å². The SMILES string of the molecule is CCCCCCCCCCCCCCCCCCC(Cc1ccccc1)C(CCC)[C+]1N=CC=N1. The Morgan fingerprint density at radius 1 is 0.571 bits per heavy atom. The van der Waals surface area contributed by atoms with Crippen molar-refractivity contribution in [3.05, 3.63) is 42.1 Å². The molecule has 0 bridgehead atoms. The molecule has 0 spiro atoms. The number of hydrogen-bond donors (Lipinski definition) is 0. The molecule has 2 unspecified atom stereocenters. The van der Waals surface area contributed by atoms with E-state index in [1.807, 2.05) is 12.4 Å². The lowest BCUT2D eigenvalue weighted by molar-refractivity contribution is 0.290. The largest absolute Gasteiger partial charge is 0.244 e. The molecule has 0 saturated carbocycles. The Kier molecular flexibility index (Phi) is 17.5. The molecule has 0 aromatic heterocycles. The lowest BCUT2D eigenvalue weighted by Crippen LogP contribution is -2.22. The second kappa shape index (κ2) is 20.6. The quantitative estimate of drug-likeness (QED) is 0.110. The fraction of sp³-hybridized carbons (Fsp3) is 0.727. The van der Waals surface area contributed by atoms with Crippen LogP contribution in [0.25, 0.3) is 0 Å². The van der Waals surface area contributed by atoms with Gasteiger partial charge in [-0.15, -0.1) is 0 Å². The average Bonchev–Trinajstić information content (AvgIpc) is 3.42. The van der Waals surface area contributed by atoms with Gasteiger partial charge in [0.1, 0.15) is 0 Å². The lowest BCUT2D eigenvalue weighted by atomic mass is 9.79. The highest BCUT2D eigenvalue weighted by Gasteiger charge is 2.34. The van der Waals surface area contributed by atoms with Crippen LogP contribution in [0.3, 0.4) is 0 Å². The lowest BCUT2D eigenvalue weighted by Gasteiger charge is -2.25. The first kappa shape index (κ1) is 29.7. The van der Waals surface area contributed by atoms with Crippen molar-refractivity contribution in [3.8, 4) is 0 Å². The molecule has 35 heavy (non-hydrogen) atoms. The van der Waals surface area contributed by atoms with E-state index in [4.69, 9.17) is 0 Å². The van der Waals surface area contributed by atoms with Crippen LogP contribution in [-0.4, -0.2) is 12.4 Å². The molecule has 1 heterocycles. The maximum atomic E-state index is 4.61. The molecule has 0 radical (unpaired) electrons. The van der Waals surface area contributed by atoms with Gasteiger partial charge in [-0.2, -0.15) is 0 Å². The average molecular weight is 480 g/mol. The van der Waals surface area contributed by atoms with Crippen molar-refractivity contribution >= 4 is 12.4 Å². The molecule has 2 atom stereocenters. The molecule has 1 aromatic carbocycles. The van der Waals surface area contributed by atoms with Crippen LogP contribution in [0.1, 0.15) is 141 Å². The van der Waals surface area contributed by atoms with Gasteiger partial charge in [0, 0.05) is 0 Å². The van der Waals surface area contributed by atoms with Gasteiger partial charge >= 0.3 is 0 Å². The Bertz CT molecular complexity index is 638. The third kappa shape index (κ3) is 13.9. The summed E-state index contributed by atoms with van der Waals surface area (Å²) in [7, 11) is 0. The minimum Gasteiger partial charge on any atom is -0.0965 e. The second-order valence-corrected chi connectivity index (χ2v) is 10.9. The van der Waals surface area contributed by atoms with Crippen LogP contribution in [0.2, 0.25) is 0 Å². The summed E-state index contributed by atoms with van der Waals surface area (Å²) in [5, 5.41) is 0. The summed E-state index contributed by atoms with van der Waals surface area (Å²) in [5.74, 6) is 1.14. The summed E-state index contributed by atoms with van der Waals surface area (Å²) in [6.07, 6.45) is 32.5. The molecule has 196 valence electrons. The Morgan fingerprint density at radius 2 is 1.06 bits per heavy atom. The monoisotopic (exact) mass is 479 g/mol. The van der Waals surface area contributed by atoms with E-state index in [1.165, 1.54) is 128 Å². The summed E-state index contributed by atoms with van der Waals surface area (Å²) < 4.78 is 0. The number of rotatable bonds is 23. The first-order valence-corrected chi connectivity index (χ1v) is 15.3. The molecule has 2 heteroatoms. The maximum absolute atomic E-state index is 4.61. The molecule has 2 rings (SSSR count). The minimum absolute atomic E-state index is 0.492. The van der Waals surface area contributed by atoms with E-state index in [1.54, 1.807) is 0 Å². The zero-order valence-corrected chi connectivity index (χ0v) is 23.2. The summed E-state index contributed by atoms with van der Waals surface area (Å²) in [6.45, 7) is 4.60. The van der Waals surface area contributed by atoms with Crippen molar-refractivity contribution in [3.63, 3.8) is 0 Å². The van der Waals surface area contributed by atoms with Crippen LogP contribution in [0, 0.1) is 18.0 Å². The highest BCUT2D eigenvalue weighted by Crippen LogP contribution is 2.36. The number of unbranched alkanes of at least 4 members (excludes halogenated alkanes) is 15. The zero-order chi connectivity index (χ0) is 24.8. The van der Waals surface area contributed by atoms with Gasteiger partial charge in [-0.25, -0.2) is 0 Å². The Balaban J connectivity index is 1.56. The highest BCUT2D eigenvalue weighted by atomic mass is 15.0. The minimum atomic E-state index is 0.492. The van der Waals surface area contributed by atoms with E-state index < -0.39 is 0 Å². The molecule has 0 amide bonds. The first-order chi connectivity index (χ1) is 17.3. The fourth-order valence-corrected chi connectivity index (χ4v) is 5.65. The van der Waals surface area contributed by atoms with Crippen molar-refractivity contribution in [2.45, 2.75) is 142 Å². The third-order valence-corrected chi connectivity index (χ3v) is 7.75. The number of aliphatic imine (C=N–C) groups is 2. The van der Waals surface area contributed by atoms with Gasteiger partial charge in [0.15, 0.2) is 12.4 Å². The summed E-state index contributed by atoms with van der Waals surface area (Å²) in [5.41, 5.74) is 1.46. The number of benzene rings is 1. The highest BCUT2D eigenvalue weighted by molar-refractivity contribution is 6.18. The van der Waals surface area contributed by atoms with Crippen molar-refractivity contribution < 1.29 is 0 Å². The maximum Gasteiger partial charge on any atom is 0.244 e. The van der Waals surface area contributed by atoms with E-state index in [-0.39, 0.29) is 0 Å². The molecule has 1 aromatic rings. The van der Waals surface area contributed by atoms with Crippen molar-refractivity contribution in [1.82, 2.24) is 0 Å². The Morgan fingerprint density at radius 3 is 1.54 bits per heavy atom. The van der Waals surface area contributed by atoms with E-state index in [0.717, 1.165) is 12.6 Å². The first-order valence-electron chi connectivity index (χ1n) is 15.3. The predicted molar refractivity (Wildman–Crippen MR) is 156 cm³/mol. The molecule has 1 aliphatic heterocycles. The molecular formula is C33H55N2+. The number of nitrogens with zero attached hydrogens (tertiary/aromatic N) is 2. The van der Waals surface area contributed by atoms with Crippen LogP contribution in [0.15, 0.2) is 40.3 Å². The van der Waals surface area contributed by atoms with E-state index in [2.05, 4.69) is 54.2 Å². The van der Waals surface area contributed by atoms with Crippen LogP contribution < -0.4 is 0 Å². The smallest absolute Gasteiger partial charge is 0.0965 e. The molecule has 0 N–H and O–H groups in total. The molecular weight excluding hydrogens is 424 g/mol. The third-order valence-electron chi connectivity index (χ3n) is 7.75. The van der Waals surface area contributed by atoms with Gasteiger partial charge in [0.05, 0.1) is 5.92 Å². The van der Waals surface area contributed by atoms with Crippen molar-refractivity contribution in [2.75, 3.05) is 0 Å². The summed E-state index contributed by atoms with van der Waals surface area (Å²) in [4.78, 5) is 9.22. The topological polar surface area (TPSA) is 24.7 Å². The van der Waals surface area contributed by atoms with Gasteiger partial charge in [-0.3, -0.25) is 0 Å². The van der Waals surface area contributed by atoms with Crippen LogP contribution in [0.5, 0.6) is 0 Å². The van der Waals surface area contributed by atoms with Gasteiger partial charge in [-0.05, 0) is 30.7 Å². The molecule has 0 saturated heterocycles. The second-order valence-electron chi connectivity index (χ2n) is 10.9. The molecule has 0 fully saturated rings. The Hall–Kier alpha value is -1.57. The normalized spacial score (nSPS) is 14.6. The van der Waals surface area contributed by atoms with Gasteiger partial charge < -0.3 is 0 Å². The van der Waals surface area contributed by atoms with Crippen molar-refractivity contribution in [1.29, 1.82) is 0 Å².